The first-order valence-corrected chi connectivity index (χ1v) is 11.7. The minimum atomic E-state index is -4.95. The molecule has 1 aromatic heterocycles. The Morgan fingerprint density at radius 1 is 1.28 bits per heavy atom. The second-order valence-electron chi connectivity index (χ2n) is 9.56. The number of primary amides is 1. The highest BCUT2D eigenvalue weighted by atomic mass is 19.4. The van der Waals surface area contributed by atoms with E-state index in [0.29, 0.717) is 6.07 Å². The van der Waals surface area contributed by atoms with Crippen LogP contribution in [0.15, 0.2) is 35.6 Å². The number of rotatable bonds is 8. The third-order valence-corrected chi connectivity index (χ3v) is 6.81. The van der Waals surface area contributed by atoms with E-state index < -0.39 is 65.5 Å². The van der Waals surface area contributed by atoms with E-state index in [0.717, 1.165) is 25.3 Å². The first-order valence-electron chi connectivity index (χ1n) is 11.7. The Hall–Kier alpha value is -3.81. The molecule has 1 aromatic carbocycles. The lowest BCUT2D eigenvalue weighted by Gasteiger charge is -2.32. The van der Waals surface area contributed by atoms with Gasteiger partial charge in [0, 0.05) is 29.3 Å². The first kappa shape index (κ1) is 29.7. The summed E-state index contributed by atoms with van der Waals surface area (Å²) in [5.41, 5.74) is 1.89. The van der Waals surface area contributed by atoms with Crippen molar-refractivity contribution in [3.63, 3.8) is 0 Å². The van der Waals surface area contributed by atoms with Gasteiger partial charge in [-0.15, -0.1) is 0 Å². The van der Waals surface area contributed by atoms with Crippen LogP contribution in [-0.2, 0) is 9.53 Å². The fourth-order valence-corrected chi connectivity index (χ4v) is 4.29. The number of amides is 2. The molecule has 9 nitrogen and oxygen atoms in total. The maximum absolute atomic E-state index is 15.0. The van der Waals surface area contributed by atoms with Gasteiger partial charge in [-0.1, -0.05) is 32.0 Å². The van der Waals surface area contributed by atoms with Gasteiger partial charge in [0.05, 0.1) is 5.71 Å². The van der Waals surface area contributed by atoms with Crippen LogP contribution in [0.25, 0.3) is 0 Å². The monoisotopic (exact) mass is 558 g/mol. The lowest BCUT2D eigenvalue weighted by Crippen LogP contribution is -2.47. The lowest BCUT2D eigenvalue weighted by molar-refractivity contribution is -0.272. The van der Waals surface area contributed by atoms with Crippen LogP contribution >= 0.6 is 0 Å². The second kappa shape index (κ2) is 11.1. The van der Waals surface area contributed by atoms with Crippen molar-refractivity contribution >= 4 is 23.2 Å². The molecule has 1 aliphatic rings. The summed E-state index contributed by atoms with van der Waals surface area (Å²) in [6, 6.07) is 4.11. The third kappa shape index (κ3) is 5.79. The number of anilines is 1. The summed E-state index contributed by atoms with van der Waals surface area (Å²) in [6.45, 7) is 4.70. The fraction of sp³-hybridized carbons (Fsp3) is 0.440. The highest BCUT2D eigenvalue weighted by Crippen LogP contribution is 2.55. The van der Waals surface area contributed by atoms with Crippen molar-refractivity contribution in [2.24, 2.45) is 22.7 Å². The zero-order chi connectivity index (χ0) is 29.3. The van der Waals surface area contributed by atoms with Gasteiger partial charge in [-0.3, -0.25) is 14.6 Å². The number of alkyl halides is 3. The van der Waals surface area contributed by atoms with E-state index in [2.05, 4.69) is 15.5 Å². The molecule has 4 N–H and O–H groups in total. The van der Waals surface area contributed by atoms with Gasteiger partial charge < -0.3 is 25.7 Å². The summed E-state index contributed by atoms with van der Waals surface area (Å²) in [4.78, 5) is 28.5. The maximum atomic E-state index is 15.0. The van der Waals surface area contributed by atoms with Crippen LogP contribution in [0.2, 0.25) is 0 Å². The molecule has 0 saturated carbocycles. The van der Waals surface area contributed by atoms with Crippen LogP contribution in [0.1, 0.15) is 49.7 Å². The standard InChI is InChI=1S/C25H27F5N4O5/c1-11(2)17(34-37)10-38-20-14(5-6-15(26)19(20)27)18-12(3)24(4,25(28,29)30)39-21(18)23(36)33-13-7-8-32-16(9-13)22(31)35/h5-9,11-12,18,21,37H,10H2,1-4H3,(H2,31,35)(H,32,33,36)/b34-17-/t12-,18-,21+,24+/m0/s1. The maximum Gasteiger partial charge on any atom is 0.417 e. The van der Waals surface area contributed by atoms with Crippen molar-refractivity contribution in [3.8, 4) is 5.75 Å². The van der Waals surface area contributed by atoms with Crippen molar-refractivity contribution in [1.82, 2.24) is 4.98 Å². The predicted molar refractivity (Wildman–Crippen MR) is 129 cm³/mol. The molecule has 3 rings (SSSR count). The Kier molecular flexibility index (Phi) is 8.48. The van der Waals surface area contributed by atoms with E-state index in [1.807, 2.05) is 0 Å². The smallest absolute Gasteiger partial charge is 0.417 e. The Morgan fingerprint density at radius 3 is 2.51 bits per heavy atom. The third-order valence-electron chi connectivity index (χ3n) is 6.81. The molecular weight excluding hydrogens is 531 g/mol. The Bertz CT molecular complexity index is 1290. The van der Waals surface area contributed by atoms with Crippen LogP contribution in [0.5, 0.6) is 5.75 Å². The summed E-state index contributed by atoms with van der Waals surface area (Å²) in [5.74, 6) is -8.89. The van der Waals surface area contributed by atoms with Gasteiger partial charge in [0.1, 0.15) is 18.4 Å². The van der Waals surface area contributed by atoms with Crippen molar-refractivity contribution in [2.75, 3.05) is 11.9 Å². The number of nitrogens with one attached hydrogen (secondary N) is 1. The minimum Gasteiger partial charge on any atom is -0.484 e. The van der Waals surface area contributed by atoms with Gasteiger partial charge in [0.15, 0.2) is 17.2 Å². The van der Waals surface area contributed by atoms with Gasteiger partial charge in [-0.25, -0.2) is 4.39 Å². The Labute approximate surface area is 220 Å². The average Bonchev–Trinajstić information content (AvgIpc) is 3.14. The Morgan fingerprint density at radius 2 is 1.95 bits per heavy atom. The minimum absolute atomic E-state index is 0.0121. The predicted octanol–water partition coefficient (Wildman–Crippen LogP) is 4.40. The van der Waals surface area contributed by atoms with Gasteiger partial charge >= 0.3 is 6.18 Å². The zero-order valence-corrected chi connectivity index (χ0v) is 21.3. The van der Waals surface area contributed by atoms with Crippen molar-refractivity contribution in [2.45, 2.75) is 51.5 Å². The molecule has 0 unspecified atom stereocenters. The van der Waals surface area contributed by atoms with E-state index in [-0.39, 0.29) is 28.6 Å². The summed E-state index contributed by atoms with van der Waals surface area (Å²) >= 11 is 0. The molecule has 1 aliphatic heterocycles. The number of aromatic nitrogens is 1. The largest absolute Gasteiger partial charge is 0.484 e. The summed E-state index contributed by atoms with van der Waals surface area (Å²) in [7, 11) is 0. The summed E-state index contributed by atoms with van der Waals surface area (Å²) in [6.07, 6.45) is -5.66. The summed E-state index contributed by atoms with van der Waals surface area (Å²) < 4.78 is 82.6. The van der Waals surface area contributed by atoms with Crippen LogP contribution < -0.4 is 15.8 Å². The number of carbonyl (C=O) groups is 2. The number of halogens is 5. The van der Waals surface area contributed by atoms with E-state index in [1.54, 1.807) is 13.8 Å². The summed E-state index contributed by atoms with van der Waals surface area (Å²) in [5, 5.41) is 14.6. The number of ether oxygens (including phenoxy) is 2. The molecule has 4 atom stereocenters. The number of hydrogen-bond donors (Lipinski definition) is 3. The van der Waals surface area contributed by atoms with Crippen molar-refractivity contribution in [1.29, 1.82) is 0 Å². The van der Waals surface area contributed by atoms with E-state index >= 15 is 4.39 Å². The molecule has 0 radical (unpaired) electrons. The molecule has 212 valence electrons. The average molecular weight is 559 g/mol. The number of nitrogens with two attached hydrogens (primary N) is 1. The van der Waals surface area contributed by atoms with Crippen LogP contribution in [0, 0.1) is 23.5 Å². The molecule has 1 fully saturated rings. The van der Waals surface area contributed by atoms with E-state index in [9.17, 15) is 32.4 Å². The number of pyridine rings is 1. The molecule has 0 bridgehead atoms. The molecular formula is C25H27F5N4O5. The normalized spacial score (nSPS) is 23.6. The van der Waals surface area contributed by atoms with Crippen molar-refractivity contribution < 1.29 is 46.2 Å². The molecule has 14 heteroatoms. The topological polar surface area (TPSA) is 136 Å². The highest BCUT2D eigenvalue weighted by Gasteiger charge is 2.66. The number of benzene rings is 1. The SMILES string of the molecule is CC(C)/C(COc1c([C@H]2[C@H](C(=O)Nc3ccnc(C(N)=O)c3)O[C@@](C)(C(F)(F)F)[C@H]2C)ccc(F)c1F)=N\O. The van der Waals surface area contributed by atoms with E-state index in [1.165, 1.54) is 13.0 Å². The molecule has 2 amide bonds. The van der Waals surface area contributed by atoms with E-state index in [4.69, 9.17) is 15.2 Å². The number of nitrogens with zero attached hydrogens (tertiary/aromatic N) is 2. The lowest BCUT2D eigenvalue weighted by atomic mass is 9.77. The number of oxime groups is 1. The first-order chi connectivity index (χ1) is 18.1. The molecule has 1 saturated heterocycles. The molecule has 2 aromatic rings. The zero-order valence-electron chi connectivity index (χ0n) is 21.3. The van der Waals surface area contributed by atoms with Crippen LogP contribution in [0.3, 0.4) is 0 Å². The number of hydrogen-bond acceptors (Lipinski definition) is 7. The second-order valence-corrected chi connectivity index (χ2v) is 9.56. The van der Waals surface area contributed by atoms with Gasteiger partial charge in [-0.2, -0.15) is 17.6 Å². The quantitative estimate of drug-likeness (QED) is 0.190. The Balaban J connectivity index is 2.10. The van der Waals surface area contributed by atoms with Crippen LogP contribution in [0.4, 0.5) is 27.6 Å². The van der Waals surface area contributed by atoms with Gasteiger partial charge in [-0.05, 0) is 31.0 Å². The highest BCUT2D eigenvalue weighted by molar-refractivity contribution is 5.97. The van der Waals surface area contributed by atoms with Gasteiger partial charge in [0.2, 0.25) is 5.82 Å². The molecule has 0 spiro atoms. The van der Waals surface area contributed by atoms with Gasteiger partial charge in [0.25, 0.3) is 11.8 Å². The molecule has 2 heterocycles. The van der Waals surface area contributed by atoms with Crippen molar-refractivity contribution in [3.05, 3.63) is 53.4 Å². The molecule has 39 heavy (non-hydrogen) atoms. The fourth-order valence-electron chi connectivity index (χ4n) is 4.29. The number of carbonyl (C=O) groups excluding carboxylic acids is 2. The molecule has 0 aliphatic carbocycles. The van der Waals surface area contributed by atoms with Crippen LogP contribution in [-0.4, -0.2) is 52.2 Å².